The number of pyridine rings is 1. The molecule has 0 aromatic carbocycles. The maximum absolute atomic E-state index is 5.74. The molecule has 1 heterocycles. The summed E-state index contributed by atoms with van der Waals surface area (Å²) >= 11 is 9.04. The van der Waals surface area contributed by atoms with E-state index in [0.717, 1.165) is 4.47 Å². The molecular weight excluding hydrogens is 229 g/mol. The molecule has 0 bridgehead atoms. The summed E-state index contributed by atoms with van der Waals surface area (Å²) in [6.45, 7) is 2.49. The molecule has 0 unspecified atom stereocenters. The fraction of sp³-hybridized carbons (Fsp3) is 0.286. The van der Waals surface area contributed by atoms with Gasteiger partial charge in [-0.05, 0) is 28.9 Å². The molecule has 0 radical (unpaired) electrons. The zero-order valence-electron chi connectivity index (χ0n) is 5.97. The van der Waals surface area contributed by atoms with Crippen LogP contribution in [0.2, 0.25) is 5.15 Å². The largest absolute Gasteiger partial charge is 0.489 e. The minimum Gasteiger partial charge on any atom is -0.489 e. The van der Waals surface area contributed by atoms with Crippen molar-refractivity contribution in [2.24, 2.45) is 0 Å². The van der Waals surface area contributed by atoms with Crippen LogP contribution in [0.5, 0.6) is 5.75 Å². The molecule has 0 aliphatic carbocycles. The van der Waals surface area contributed by atoms with Crippen molar-refractivity contribution in [3.05, 3.63) is 21.9 Å². The smallest absolute Gasteiger partial charge is 0.172 e. The Bertz CT molecular complexity index is 234. The zero-order chi connectivity index (χ0) is 8.27. The van der Waals surface area contributed by atoms with Crippen molar-refractivity contribution in [1.29, 1.82) is 0 Å². The van der Waals surface area contributed by atoms with Crippen LogP contribution in [0, 0.1) is 0 Å². The number of nitrogens with zero attached hydrogens (tertiary/aromatic N) is 1. The maximum Gasteiger partial charge on any atom is 0.172 e. The van der Waals surface area contributed by atoms with E-state index in [2.05, 4.69) is 20.9 Å². The van der Waals surface area contributed by atoms with E-state index in [0.29, 0.717) is 17.5 Å². The van der Waals surface area contributed by atoms with Gasteiger partial charge in [0.25, 0.3) is 0 Å². The summed E-state index contributed by atoms with van der Waals surface area (Å²) in [5.74, 6) is 0.608. The van der Waals surface area contributed by atoms with Crippen molar-refractivity contribution in [2.75, 3.05) is 6.61 Å². The van der Waals surface area contributed by atoms with Gasteiger partial charge in [-0.25, -0.2) is 4.98 Å². The SMILES string of the molecule is CCOc1c(Br)ccnc1Cl. The van der Waals surface area contributed by atoms with Crippen molar-refractivity contribution in [3.63, 3.8) is 0 Å². The van der Waals surface area contributed by atoms with Gasteiger partial charge in [0.15, 0.2) is 10.9 Å². The molecule has 0 aliphatic heterocycles. The van der Waals surface area contributed by atoms with Crippen molar-refractivity contribution in [1.82, 2.24) is 4.98 Å². The predicted molar refractivity (Wildman–Crippen MR) is 48.1 cm³/mol. The highest BCUT2D eigenvalue weighted by molar-refractivity contribution is 9.10. The lowest BCUT2D eigenvalue weighted by atomic mass is 10.5. The summed E-state index contributed by atoms with van der Waals surface area (Å²) in [5.41, 5.74) is 0. The van der Waals surface area contributed by atoms with Crippen molar-refractivity contribution < 1.29 is 4.74 Å². The van der Waals surface area contributed by atoms with Gasteiger partial charge in [0.2, 0.25) is 0 Å². The number of hydrogen-bond donors (Lipinski definition) is 0. The van der Waals surface area contributed by atoms with Crippen LogP contribution in [-0.2, 0) is 0 Å². The minimum atomic E-state index is 0.390. The fourth-order valence-corrected chi connectivity index (χ4v) is 1.42. The topological polar surface area (TPSA) is 22.1 Å². The standard InChI is InChI=1S/C7H7BrClNO/c1-2-11-6-5(8)3-4-10-7(6)9/h3-4H,2H2,1H3. The highest BCUT2D eigenvalue weighted by Crippen LogP contribution is 2.30. The molecule has 0 aliphatic rings. The minimum absolute atomic E-state index is 0.390. The van der Waals surface area contributed by atoms with Gasteiger partial charge in [-0.3, -0.25) is 0 Å². The first-order valence-corrected chi connectivity index (χ1v) is 4.35. The third-order valence-electron chi connectivity index (χ3n) is 1.10. The Morgan fingerprint density at radius 2 is 2.45 bits per heavy atom. The fourth-order valence-electron chi connectivity index (χ4n) is 0.674. The number of aromatic nitrogens is 1. The number of hydrogen-bond acceptors (Lipinski definition) is 2. The van der Waals surface area contributed by atoms with Crippen LogP contribution in [0.4, 0.5) is 0 Å². The molecule has 1 aromatic heterocycles. The lowest BCUT2D eigenvalue weighted by Gasteiger charge is -2.05. The third-order valence-corrected chi connectivity index (χ3v) is 2.00. The number of ether oxygens (including phenoxy) is 1. The van der Waals surface area contributed by atoms with Crippen molar-refractivity contribution in [2.45, 2.75) is 6.92 Å². The molecule has 11 heavy (non-hydrogen) atoms. The Balaban J connectivity index is 3.00. The number of rotatable bonds is 2. The van der Waals surface area contributed by atoms with Crippen LogP contribution in [0.25, 0.3) is 0 Å². The molecule has 0 fully saturated rings. The average molecular weight is 236 g/mol. The van der Waals surface area contributed by atoms with E-state index in [4.69, 9.17) is 16.3 Å². The van der Waals surface area contributed by atoms with E-state index in [9.17, 15) is 0 Å². The lowest BCUT2D eigenvalue weighted by molar-refractivity contribution is 0.337. The van der Waals surface area contributed by atoms with Crippen LogP contribution >= 0.6 is 27.5 Å². The molecule has 0 amide bonds. The summed E-state index contributed by atoms with van der Waals surface area (Å²) in [6, 6.07) is 1.79. The molecule has 0 N–H and O–H groups in total. The van der Waals surface area contributed by atoms with Gasteiger partial charge in [0, 0.05) is 6.20 Å². The summed E-state index contributed by atoms with van der Waals surface area (Å²) < 4.78 is 6.06. The Kier molecular flexibility index (Phi) is 3.15. The Morgan fingerprint density at radius 3 is 3.00 bits per heavy atom. The maximum atomic E-state index is 5.74. The highest BCUT2D eigenvalue weighted by atomic mass is 79.9. The first kappa shape index (κ1) is 8.81. The van der Waals surface area contributed by atoms with Gasteiger partial charge in [0.1, 0.15) is 0 Å². The van der Waals surface area contributed by atoms with Crippen LogP contribution in [0.1, 0.15) is 6.92 Å². The summed E-state index contributed by atoms with van der Waals surface area (Å²) in [6.07, 6.45) is 1.62. The van der Waals surface area contributed by atoms with E-state index in [1.807, 2.05) is 6.92 Å². The second kappa shape index (κ2) is 3.93. The van der Waals surface area contributed by atoms with E-state index in [-0.39, 0.29) is 0 Å². The van der Waals surface area contributed by atoms with E-state index >= 15 is 0 Å². The monoisotopic (exact) mass is 235 g/mol. The highest BCUT2D eigenvalue weighted by Gasteiger charge is 2.05. The van der Waals surface area contributed by atoms with Crippen LogP contribution in [0.3, 0.4) is 0 Å². The molecular formula is C7H7BrClNO. The molecule has 1 rings (SSSR count). The molecule has 4 heteroatoms. The second-order valence-electron chi connectivity index (χ2n) is 1.85. The molecule has 0 saturated carbocycles. The van der Waals surface area contributed by atoms with Gasteiger partial charge in [-0.15, -0.1) is 0 Å². The number of halogens is 2. The zero-order valence-corrected chi connectivity index (χ0v) is 8.32. The van der Waals surface area contributed by atoms with Gasteiger partial charge in [0.05, 0.1) is 11.1 Å². The van der Waals surface area contributed by atoms with Crippen LogP contribution < -0.4 is 4.74 Å². The molecule has 1 aromatic rings. The summed E-state index contributed by atoms with van der Waals surface area (Å²) in [7, 11) is 0. The molecule has 0 atom stereocenters. The first-order valence-electron chi connectivity index (χ1n) is 3.18. The summed E-state index contributed by atoms with van der Waals surface area (Å²) in [5, 5.41) is 0.390. The van der Waals surface area contributed by atoms with Crippen molar-refractivity contribution in [3.8, 4) is 5.75 Å². The van der Waals surface area contributed by atoms with E-state index in [1.54, 1.807) is 12.3 Å². The van der Waals surface area contributed by atoms with E-state index in [1.165, 1.54) is 0 Å². The van der Waals surface area contributed by atoms with Gasteiger partial charge in [-0.2, -0.15) is 0 Å². The van der Waals surface area contributed by atoms with Gasteiger partial charge in [-0.1, -0.05) is 11.6 Å². The van der Waals surface area contributed by atoms with Crippen LogP contribution in [-0.4, -0.2) is 11.6 Å². The molecule has 0 saturated heterocycles. The molecule has 0 spiro atoms. The predicted octanol–water partition coefficient (Wildman–Crippen LogP) is 2.90. The summed E-state index contributed by atoms with van der Waals surface area (Å²) in [4.78, 5) is 3.87. The van der Waals surface area contributed by atoms with Crippen molar-refractivity contribution >= 4 is 27.5 Å². The van der Waals surface area contributed by atoms with Crippen LogP contribution in [0.15, 0.2) is 16.7 Å². The Hall–Kier alpha value is -0.280. The average Bonchev–Trinajstić information content (AvgIpc) is 1.97. The first-order chi connectivity index (χ1) is 5.25. The second-order valence-corrected chi connectivity index (χ2v) is 3.06. The normalized spacial score (nSPS) is 9.73. The van der Waals surface area contributed by atoms with Gasteiger partial charge < -0.3 is 4.74 Å². The quantitative estimate of drug-likeness (QED) is 0.737. The van der Waals surface area contributed by atoms with Gasteiger partial charge >= 0.3 is 0 Å². The molecule has 60 valence electrons. The Morgan fingerprint density at radius 1 is 1.73 bits per heavy atom. The molecule has 2 nitrogen and oxygen atoms in total. The lowest BCUT2D eigenvalue weighted by Crippen LogP contribution is -1.94. The Labute approximate surface area is 78.7 Å². The van der Waals surface area contributed by atoms with E-state index < -0.39 is 0 Å². The third kappa shape index (κ3) is 2.07.